The second-order valence-electron chi connectivity index (χ2n) is 13.1. The zero-order chi connectivity index (χ0) is 33.4. The molecule has 0 saturated carbocycles. The average Bonchev–Trinajstić information content (AvgIpc) is 3.51. The number of hydrogen-bond donors (Lipinski definition) is 0. The summed E-state index contributed by atoms with van der Waals surface area (Å²) in [6, 6.07) is 50.7. The lowest BCUT2D eigenvalue weighted by molar-refractivity contribution is 0.854. The van der Waals surface area contributed by atoms with E-state index in [1.807, 2.05) is 0 Å². The van der Waals surface area contributed by atoms with Crippen molar-refractivity contribution in [2.75, 3.05) is 4.90 Å². The first-order valence-corrected chi connectivity index (χ1v) is 17.3. The molecule has 0 amide bonds. The monoisotopic (exact) mass is 640 g/mol. The Morgan fingerprint density at radius 2 is 1.30 bits per heavy atom. The fourth-order valence-corrected chi connectivity index (χ4v) is 7.51. The third-order valence-corrected chi connectivity index (χ3v) is 10.0. The minimum absolute atomic E-state index is 0.334. The molecule has 238 valence electrons. The van der Waals surface area contributed by atoms with Gasteiger partial charge in [0.2, 0.25) is 0 Å². The molecule has 1 aliphatic heterocycles. The fraction of sp³-hybridized carbons (Fsp3) is 0.0417. The second-order valence-corrected chi connectivity index (χ2v) is 13.1. The number of para-hydroxylation sites is 2. The van der Waals surface area contributed by atoms with Crippen LogP contribution in [0.1, 0.15) is 23.5 Å². The topological polar surface area (TPSA) is 8.17 Å². The highest BCUT2D eigenvalue weighted by Crippen LogP contribution is 2.41. The Labute approximate surface area is 293 Å². The number of fused-ring (bicyclic) bond motifs is 4. The summed E-state index contributed by atoms with van der Waals surface area (Å²) in [7, 11) is 0. The molecular weight excluding hydrogens is 605 g/mol. The predicted octanol–water partition coefficient (Wildman–Crippen LogP) is 13.0. The van der Waals surface area contributed by atoms with E-state index >= 15 is 0 Å². The van der Waals surface area contributed by atoms with Crippen LogP contribution in [-0.2, 0) is 0 Å². The van der Waals surface area contributed by atoms with Gasteiger partial charge in [-0.05, 0) is 100 Å². The van der Waals surface area contributed by atoms with Gasteiger partial charge >= 0.3 is 0 Å². The van der Waals surface area contributed by atoms with Crippen molar-refractivity contribution in [2.24, 2.45) is 0 Å². The molecule has 0 radical (unpaired) electrons. The number of benzene rings is 6. The molecule has 2 aliphatic rings. The van der Waals surface area contributed by atoms with Crippen molar-refractivity contribution in [1.82, 2.24) is 4.57 Å². The van der Waals surface area contributed by atoms with Gasteiger partial charge in [0.25, 0.3) is 0 Å². The predicted molar refractivity (Wildman–Crippen MR) is 213 cm³/mol. The standard InChI is InChI=1S/C48H36N2/c1-34-15-13-14-28-49(42-30-39(35-16-5-2-6-17-35)29-40(31-42)36-18-7-3-8-19-36)46-26-24-37(32-44(34)46)38-25-27-48-45(33-38)43-22-11-12-23-47(43)50(48)41-20-9-4-10-21-41/h2-18,20-33,36H,1,19H2/b15-13-,28-14-. The van der Waals surface area contributed by atoms with Gasteiger partial charge in [0, 0.05) is 39.8 Å². The maximum absolute atomic E-state index is 4.54. The third kappa shape index (κ3) is 5.32. The summed E-state index contributed by atoms with van der Waals surface area (Å²) in [6.07, 6.45) is 18.4. The van der Waals surface area contributed by atoms with Crippen LogP contribution in [0.25, 0.3) is 55.3 Å². The Hall–Kier alpha value is -6.38. The van der Waals surface area contributed by atoms with Gasteiger partial charge in [-0.15, -0.1) is 0 Å². The van der Waals surface area contributed by atoms with E-state index in [0.717, 1.165) is 28.9 Å². The van der Waals surface area contributed by atoms with E-state index in [4.69, 9.17) is 0 Å². The van der Waals surface area contributed by atoms with Crippen molar-refractivity contribution >= 4 is 38.8 Å². The van der Waals surface area contributed by atoms with Crippen LogP contribution in [0.15, 0.2) is 195 Å². The van der Waals surface area contributed by atoms with Gasteiger partial charge in [-0.25, -0.2) is 0 Å². The summed E-state index contributed by atoms with van der Waals surface area (Å²) in [5.41, 5.74) is 14.0. The van der Waals surface area contributed by atoms with Gasteiger partial charge < -0.3 is 9.47 Å². The Kier molecular flexibility index (Phi) is 7.48. The molecule has 1 aromatic heterocycles. The molecule has 1 unspecified atom stereocenters. The lowest BCUT2D eigenvalue weighted by atomic mass is 9.89. The van der Waals surface area contributed by atoms with Gasteiger partial charge in [0.1, 0.15) is 0 Å². The quantitative estimate of drug-likeness (QED) is 0.182. The lowest BCUT2D eigenvalue weighted by Crippen LogP contribution is -2.12. The summed E-state index contributed by atoms with van der Waals surface area (Å²) in [6.45, 7) is 4.54. The fourth-order valence-electron chi connectivity index (χ4n) is 7.51. The van der Waals surface area contributed by atoms with Gasteiger partial charge in [0.15, 0.2) is 0 Å². The minimum atomic E-state index is 0.334. The number of allylic oxidation sites excluding steroid dienone is 8. The molecule has 0 spiro atoms. The highest BCUT2D eigenvalue weighted by atomic mass is 15.1. The number of anilines is 2. The summed E-state index contributed by atoms with van der Waals surface area (Å²) < 4.78 is 2.36. The highest BCUT2D eigenvalue weighted by Gasteiger charge is 2.20. The smallest absolute Gasteiger partial charge is 0.0541 e. The first-order chi connectivity index (χ1) is 24.7. The van der Waals surface area contributed by atoms with Crippen LogP contribution < -0.4 is 4.90 Å². The largest absolute Gasteiger partial charge is 0.317 e. The molecule has 2 nitrogen and oxygen atoms in total. The zero-order valence-electron chi connectivity index (χ0n) is 27.8. The van der Waals surface area contributed by atoms with Crippen molar-refractivity contribution in [2.45, 2.75) is 12.3 Å². The molecule has 9 rings (SSSR count). The zero-order valence-corrected chi connectivity index (χ0v) is 27.8. The van der Waals surface area contributed by atoms with E-state index in [9.17, 15) is 0 Å². The molecule has 50 heavy (non-hydrogen) atoms. The van der Waals surface area contributed by atoms with Crippen LogP contribution in [0, 0.1) is 0 Å². The Morgan fingerprint density at radius 1 is 0.540 bits per heavy atom. The molecule has 1 atom stereocenters. The summed E-state index contributed by atoms with van der Waals surface area (Å²) in [5.74, 6) is 0.334. The molecule has 1 aliphatic carbocycles. The van der Waals surface area contributed by atoms with Crippen LogP contribution in [0.3, 0.4) is 0 Å². The molecule has 2 heterocycles. The molecule has 7 aromatic rings. The van der Waals surface area contributed by atoms with Crippen LogP contribution in [0.4, 0.5) is 11.4 Å². The average molecular weight is 641 g/mol. The third-order valence-electron chi connectivity index (χ3n) is 10.0. The second kappa shape index (κ2) is 12.6. The van der Waals surface area contributed by atoms with Crippen molar-refractivity contribution < 1.29 is 0 Å². The Morgan fingerprint density at radius 3 is 2.14 bits per heavy atom. The van der Waals surface area contributed by atoms with E-state index in [1.54, 1.807) is 0 Å². The number of nitrogens with zero attached hydrogens (tertiary/aromatic N) is 2. The highest BCUT2D eigenvalue weighted by molar-refractivity contribution is 6.10. The molecule has 0 fully saturated rings. The minimum Gasteiger partial charge on any atom is -0.317 e. The first-order valence-electron chi connectivity index (χ1n) is 17.3. The first kappa shape index (κ1) is 29.7. The van der Waals surface area contributed by atoms with Crippen LogP contribution in [0.2, 0.25) is 0 Å². The van der Waals surface area contributed by atoms with Gasteiger partial charge in [-0.1, -0.05) is 128 Å². The summed E-state index contributed by atoms with van der Waals surface area (Å²) in [4.78, 5) is 2.32. The molecule has 0 saturated heterocycles. The van der Waals surface area contributed by atoms with Gasteiger partial charge in [-0.2, -0.15) is 0 Å². The van der Waals surface area contributed by atoms with Gasteiger partial charge in [0.05, 0.1) is 16.7 Å². The maximum Gasteiger partial charge on any atom is 0.0541 e. The van der Waals surface area contributed by atoms with Crippen LogP contribution in [0.5, 0.6) is 0 Å². The van der Waals surface area contributed by atoms with Gasteiger partial charge in [-0.3, -0.25) is 0 Å². The summed E-state index contributed by atoms with van der Waals surface area (Å²) >= 11 is 0. The molecule has 0 bridgehead atoms. The van der Waals surface area contributed by atoms with Crippen molar-refractivity contribution in [3.05, 3.63) is 206 Å². The van der Waals surface area contributed by atoms with E-state index in [0.29, 0.717) is 5.92 Å². The van der Waals surface area contributed by atoms with Crippen molar-refractivity contribution in [3.63, 3.8) is 0 Å². The maximum atomic E-state index is 4.54. The van der Waals surface area contributed by atoms with E-state index in [2.05, 4.69) is 204 Å². The molecule has 2 heteroatoms. The van der Waals surface area contributed by atoms with Crippen molar-refractivity contribution in [1.29, 1.82) is 0 Å². The van der Waals surface area contributed by atoms with E-state index < -0.39 is 0 Å². The van der Waals surface area contributed by atoms with Crippen LogP contribution >= 0.6 is 0 Å². The van der Waals surface area contributed by atoms with E-state index in [-0.39, 0.29) is 0 Å². The van der Waals surface area contributed by atoms with Crippen LogP contribution in [-0.4, -0.2) is 4.57 Å². The lowest BCUT2D eigenvalue weighted by Gasteiger charge is -2.27. The van der Waals surface area contributed by atoms with Crippen molar-refractivity contribution in [3.8, 4) is 27.9 Å². The summed E-state index contributed by atoms with van der Waals surface area (Å²) in [5, 5.41) is 2.49. The molecule has 6 aromatic carbocycles. The SMILES string of the molecule is C=C1/C=C\C=C/N(c2cc(-c3ccccc3)cc(C3C=CC=CC3)c2)c2ccc(-c3ccc4c(c3)c3ccccc3n4-c3ccccc3)cc21. The van der Waals surface area contributed by atoms with E-state index in [1.165, 1.54) is 55.3 Å². The number of rotatable bonds is 5. The Balaban J connectivity index is 1.17. The Bertz CT molecular complexity index is 2530. The molecular formula is C48H36N2. The number of aromatic nitrogens is 1. The normalized spacial score (nSPS) is 16.7. The molecule has 0 N–H and O–H groups in total. The number of hydrogen-bond acceptors (Lipinski definition) is 1.